The van der Waals surface area contributed by atoms with E-state index in [1.165, 1.54) is 5.56 Å². The number of urea groups is 1. The van der Waals surface area contributed by atoms with Gasteiger partial charge in [0.15, 0.2) is 6.73 Å². The fraction of sp³-hybridized carbons (Fsp3) is 0.467. The van der Waals surface area contributed by atoms with Crippen LogP contribution < -0.4 is 20.7 Å². The monoisotopic (exact) mass is 309 g/mol. The molecule has 1 aromatic rings. The Morgan fingerprint density at radius 2 is 1.77 bits per heavy atom. The molecule has 1 rings (SSSR count). The zero-order valence-corrected chi connectivity index (χ0v) is 13.2. The molecule has 0 fully saturated rings. The van der Waals surface area contributed by atoms with Crippen LogP contribution in [-0.2, 0) is 4.74 Å². The van der Waals surface area contributed by atoms with Gasteiger partial charge in [-0.25, -0.2) is 9.59 Å². The quantitative estimate of drug-likeness (QED) is 0.528. The van der Waals surface area contributed by atoms with Gasteiger partial charge in [0.1, 0.15) is 5.75 Å². The highest BCUT2D eigenvalue weighted by molar-refractivity contribution is 5.73. The molecule has 3 amide bonds. The molecule has 0 aromatic heterocycles. The van der Waals surface area contributed by atoms with Crippen molar-refractivity contribution in [3.8, 4) is 5.75 Å². The van der Waals surface area contributed by atoms with Gasteiger partial charge in [0.05, 0.1) is 6.61 Å². The van der Waals surface area contributed by atoms with Crippen LogP contribution in [0.1, 0.15) is 18.1 Å². The lowest BCUT2D eigenvalue weighted by molar-refractivity contribution is 0.152. The highest BCUT2D eigenvalue weighted by Crippen LogP contribution is 2.15. The van der Waals surface area contributed by atoms with Crippen LogP contribution in [0.5, 0.6) is 5.75 Å². The molecule has 22 heavy (non-hydrogen) atoms. The molecule has 0 radical (unpaired) electrons. The van der Waals surface area contributed by atoms with Crippen molar-refractivity contribution in [2.24, 2.45) is 0 Å². The van der Waals surface area contributed by atoms with Crippen LogP contribution >= 0.6 is 0 Å². The zero-order valence-electron chi connectivity index (χ0n) is 13.2. The molecule has 0 heterocycles. The largest absolute Gasteiger partial charge is 0.473 e. The smallest absolute Gasteiger partial charge is 0.407 e. The summed E-state index contributed by atoms with van der Waals surface area (Å²) in [6.07, 6.45) is -0.497. The molecular weight excluding hydrogens is 286 g/mol. The topological polar surface area (TPSA) is 88.7 Å². The zero-order chi connectivity index (χ0) is 16.4. The SMILES string of the molecule is CCOC(=O)NCCNC(=O)NCOc1ccc(C)c(C)c1. The number of ether oxygens (including phenoxy) is 2. The molecule has 7 heteroatoms. The van der Waals surface area contributed by atoms with Crippen LogP contribution in [0.25, 0.3) is 0 Å². The first-order valence-corrected chi connectivity index (χ1v) is 7.15. The fourth-order valence-corrected chi connectivity index (χ4v) is 1.57. The van der Waals surface area contributed by atoms with Gasteiger partial charge in [-0.1, -0.05) is 6.07 Å². The van der Waals surface area contributed by atoms with Crippen molar-refractivity contribution in [2.45, 2.75) is 20.8 Å². The van der Waals surface area contributed by atoms with Crippen molar-refractivity contribution in [3.05, 3.63) is 29.3 Å². The molecule has 0 bridgehead atoms. The van der Waals surface area contributed by atoms with E-state index in [1.807, 2.05) is 32.0 Å². The highest BCUT2D eigenvalue weighted by Gasteiger charge is 2.02. The second kappa shape index (κ2) is 9.49. The second-order valence-corrected chi connectivity index (χ2v) is 4.61. The molecule has 122 valence electrons. The second-order valence-electron chi connectivity index (χ2n) is 4.61. The van der Waals surface area contributed by atoms with Crippen LogP contribution in [0.3, 0.4) is 0 Å². The van der Waals surface area contributed by atoms with Crippen LogP contribution in [0.2, 0.25) is 0 Å². The first-order valence-electron chi connectivity index (χ1n) is 7.15. The molecule has 0 unspecified atom stereocenters. The fourth-order valence-electron chi connectivity index (χ4n) is 1.57. The Balaban J connectivity index is 2.13. The number of carbonyl (C=O) groups excluding carboxylic acids is 2. The Kier molecular flexibility index (Phi) is 7.60. The van der Waals surface area contributed by atoms with Gasteiger partial charge >= 0.3 is 12.1 Å². The summed E-state index contributed by atoms with van der Waals surface area (Å²) >= 11 is 0. The maximum atomic E-state index is 11.5. The summed E-state index contributed by atoms with van der Waals surface area (Å²) in [5, 5.41) is 7.65. The van der Waals surface area contributed by atoms with E-state index >= 15 is 0 Å². The Labute approximate surface area is 130 Å². The third-order valence-corrected chi connectivity index (χ3v) is 2.91. The number of carbonyl (C=O) groups is 2. The number of aryl methyl sites for hydroxylation is 2. The van der Waals surface area contributed by atoms with E-state index < -0.39 is 6.09 Å². The number of alkyl carbamates (subject to hydrolysis) is 1. The normalized spacial score (nSPS) is 9.77. The van der Waals surface area contributed by atoms with E-state index in [1.54, 1.807) is 6.92 Å². The Morgan fingerprint density at radius 1 is 1.05 bits per heavy atom. The maximum Gasteiger partial charge on any atom is 0.407 e. The van der Waals surface area contributed by atoms with Crippen LogP contribution in [0.15, 0.2) is 18.2 Å². The number of amides is 3. The molecule has 0 aliphatic heterocycles. The predicted octanol–water partition coefficient (Wildman–Crippen LogP) is 1.69. The predicted molar refractivity (Wildman–Crippen MR) is 83.0 cm³/mol. The number of hydrogen-bond donors (Lipinski definition) is 3. The third-order valence-electron chi connectivity index (χ3n) is 2.91. The van der Waals surface area contributed by atoms with Crippen molar-refractivity contribution < 1.29 is 19.1 Å². The molecule has 0 spiro atoms. The minimum absolute atomic E-state index is 0.0691. The van der Waals surface area contributed by atoms with E-state index in [0.717, 1.165) is 5.56 Å². The summed E-state index contributed by atoms with van der Waals surface area (Å²) < 4.78 is 10.1. The average molecular weight is 309 g/mol. The Hall–Kier alpha value is -2.44. The molecular formula is C15H23N3O4. The lowest BCUT2D eigenvalue weighted by Gasteiger charge is -2.11. The lowest BCUT2D eigenvalue weighted by Crippen LogP contribution is -2.41. The van der Waals surface area contributed by atoms with Gasteiger partial charge in [-0.3, -0.25) is 0 Å². The summed E-state index contributed by atoms with van der Waals surface area (Å²) in [5.41, 5.74) is 2.32. The van der Waals surface area contributed by atoms with E-state index in [9.17, 15) is 9.59 Å². The summed E-state index contributed by atoms with van der Waals surface area (Å²) in [5.74, 6) is 0.701. The third kappa shape index (κ3) is 6.83. The van der Waals surface area contributed by atoms with Crippen LogP contribution in [0.4, 0.5) is 9.59 Å². The number of benzene rings is 1. The van der Waals surface area contributed by atoms with E-state index in [4.69, 9.17) is 4.74 Å². The van der Waals surface area contributed by atoms with Crippen LogP contribution in [0, 0.1) is 13.8 Å². The summed E-state index contributed by atoms with van der Waals surface area (Å²) in [7, 11) is 0. The van der Waals surface area contributed by atoms with Crippen molar-refractivity contribution >= 4 is 12.1 Å². The minimum Gasteiger partial charge on any atom is -0.473 e. The van der Waals surface area contributed by atoms with Gasteiger partial charge in [-0.05, 0) is 44.0 Å². The van der Waals surface area contributed by atoms with Crippen molar-refractivity contribution in [1.29, 1.82) is 0 Å². The van der Waals surface area contributed by atoms with Gasteiger partial charge < -0.3 is 25.4 Å². The van der Waals surface area contributed by atoms with Crippen molar-refractivity contribution in [3.63, 3.8) is 0 Å². The number of hydrogen-bond acceptors (Lipinski definition) is 4. The standard InChI is InChI=1S/C15H23N3O4/c1-4-21-15(20)17-8-7-16-14(19)18-10-22-13-6-5-11(2)12(3)9-13/h5-6,9H,4,7-8,10H2,1-3H3,(H,17,20)(H2,16,18,19). The molecule has 7 nitrogen and oxygen atoms in total. The van der Waals surface area contributed by atoms with Crippen LogP contribution in [-0.4, -0.2) is 38.6 Å². The van der Waals surface area contributed by atoms with Gasteiger partial charge in [0.25, 0.3) is 0 Å². The molecule has 0 saturated heterocycles. The van der Waals surface area contributed by atoms with Gasteiger partial charge in [0, 0.05) is 13.1 Å². The lowest BCUT2D eigenvalue weighted by atomic mass is 10.1. The molecule has 0 aliphatic rings. The van der Waals surface area contributed by atoms with E-state index in [0.29, 0.717) is 25.4 Å². The Morgan fingerprint density at radius 3 is 2.45 bits per heavy atom. The number of rotatable bonds is 7. The molecule has 3 N–H and O–H groups in total. The van der Waals surface area contributed by atoms with Gasteiger partial charge in [-0.2, -0.15) is 0 Å². The highest BCUT2D eigenvalue weighted by atomic mass is 16.5. The molecule has 1 aromatic carbocycles. The van der Waals surface area contributed by atoms with Crippen molar-refractivity contribution in [2.75, 3.05) is 26.4 Å². The summed E-state index contributed by atoms with van der Waals surface area (Å²) in [4.78, 5) is 22.5. The average Bonchev–Trinajstić information content (AvgIpc) is 2.48. The van der Waals surface area contributed by atoms with E-state index in [-0.39, 0.29) is 12.8 Å². The maximum absolute atomic E-state index is 11.5. The number of nitrogens with one attached hydrogen (secondary N) is 3. The Bertz CT molecular complexity index is 506. The summed E-state index contributed by atoms with van der Waals surface area (Å²) in [6.45, 7) is 6.72. The summed E-state index contributed by atoms with van der Waals surface area (Å²) in [6, 6.07) is 5.37. The molecule has 0 saturated carbocycles. The molecule has 0 aliphatic carbocycles. The van der Waals surface area contributed by atoms with Crippen molar-refractivity contribution in [1.82, 2.24) is 16.0 Å². The van der Waals surface area contributed by atoms with Gasteiger partial charge in [0.2, 0.25) is 0 Å². The first kappa shape index (κ1) is 17.6. The molecule has 0 atom stereocenters. The van der Waals surface area contributed by atoms with Gasteiger partial charge in [-0.15, -0.1) is 0 Å². The minimum atomic E-state index is -0.497. The van der Waals surface area contributed by atoms with E-state index in [2.05, 4.69) is 20.7 Å². The first-order chi connectivity index (χ1) is 10.5.